The van der Waals surface area contributed by atoms with Gasteiger partial charge in [0.25, 0.3) is 0 Å². The van der Waals surface area contributed by atoms with Gasteiger partial charge in [-0.05, 0) is 17.8 Å². The van der Waals surface area contributed by atoms with Gasteiger partial charge in [0.2, 0.25) is 0 Å². The molecule has 1 aliphatic rings. The summed E-state index contributed by atoms with van der Waals surface area (Å²) in [6, 6.07) is -0.0113. The third-order valence-electron chi connectivity index (χ3n) is 2.83. The summed E-state index contributed by atoms with van der Waals surface area (Å²) in [5, 5.41) is 12.1. The maximum absolute atomic E-state index is 10.9. The van der Waals surface area contributed by atoms with Crippen molar-refractivity contribution < 1.29 is 9.90 Å². The second-order valence-electron chi connectivity index (χ2n) is 4.97. The first kappa shape index (κ1) is 10.5. The van der Waals surface area contributed by atoms with Crippen LogP contribution in [0.4, 0.5) is 0 Å². The Hall–Kier alpha value is -0.570. The lowest BCUT2D eigenvalue weighted by Gasteiger charge is -2.18. The topological polar surface area (TPSA) is 49.3 Å². The summed E-state index contributed by atoms with van der Waals surface area (Å²) in [7, 11) is 0. The highest BCUT2D eigenvalue weighted by molar-refractivity contribution is 5.73. The monoisotopic (exact) mass is 185 g/mol. The Morgan fingerprint density at radius 3 is 2.23 bits per heavy atom. The largest absolute Gasteiger partial charge is 0.480 e. The molecule has 0 amide bonds. The van der Waals surface area contributed by atoms with Crippen molar-refractivity contribution in [1.29, 1.82) is 0 Å². The van der Waals surface area contributed by atoms with Gasteiger partial charge in [-0.1, -0.05) is 27.7 Å². The van der Waals surface area contributed by atoms with E-state index in [-0.39, 0.29) is 5.92 Å². The van der Waals surface area contributed by atoms with E-state index >= 15 is 0 Å². The number of carboxylic acid groups (broad SMARTS) is 1. The maximum atomic E-state index is 10.9. The van der Waals surface area contributed by atoms with Gasteiger partial charge in [0.05, 0.1) is 0 Å². The van der Waals surface area contributed by atoms with Crippen LogP contribution in [0.25, 0.3) is 0 Å². The number of hydrogen-bond donors (Lipinski definition) is 2. The number of carbonyl (C=O) groups is 1. The molecule has 0 aliphatic heterocycles. The molecule has 1 saturated carbocycles. The average molecular weight is 185 g/mol. The average Bonchev–Trinajstić information content (AvgIpc) is 2.52. The Kier molecular flexibility index (Phi) is 2.66. The molecule has 0 radical (unpaired) electrons. The van der Waals surface area contributed by atoms with Gasteiger partial charge in [0.1, 0.15) is 6.04 Å². The molecule has 0 aromatic carbocycles. The van der Waals surface area contributed by atoms with Crippen LogP contribution in [0.3, 0.4) is 0 Å². The maximum Gasteiger partial charge on any atom is 0.320 e. The van der Waals surface area contributed by atoms with Crippen LogP contribution in [0, 0.1) is 11.3 Å². The summed E-state index contributed by atoms with van der Waals surface area (Å²) in [5.74, 6) is -0.591. The summed E-state index contributed by atoms with van der Waals surface area (Å²) in [5.41, 5.74) is 0.294. The molecule has 0 aromatic rings. The molecule has 1 aliphatic carbocycles. The standard InChI is InChI=1S/C10H19NO2/c1-6(2)8(9(12)13)11-7-5-10(7,3)4/h6-8,11H,5H2,1-4H3,(H,12,13). The van der Waals surface area contributed by atoms with Gasteiger partial charge >= 0.3 is 5.97 Å². The van der Waals surface area contributed by atoms with Crippen molar-refractivity contribution in [3.8, 4) is 0 Å². The molecule has 2 unspecified atom stereocenters. The summed E-state index contributed by atoms with van der Waals surface area (Å²) >= 11 is 0. The number of rotatable bonds is 4. The van der Waals surface area contributed by atoms with E-state index in [0.717, 1.165) is 6.42 Å². The van der Waals surface area contributed by atoms with Crippen LogP contribution >= 0.6 is 0 Å². The van der Waals surface area contributed by atoms with Gasteiger partial charge in [0.15, 0.2) is 0 Å². The number of nitrogens with one attached hydrogen (secondary N) is 1. The first-order chi connectivity index (χ1) is 5.84. The minimum Gasteiger partial charge on any atom is -0.480 e. The molecular weight excluding hydrogens is 166 g/mol. The first-order valence-corrected chi connectivity index (χ1v) is 4.83. The van der Waals surface area contributed by atoms with E-state index in [1.54, 1.807) is 0 Å². The SMILES string of the molecule is CC(C)C(NC1CC1(C)C)C(=O)O. The molecule has 3 nitrogen and oxygen atoms in total. The lowest BCUT2D eigenvalue weighted by Crippen LogP contribution is -2.43. The molecule has 2 N–H and O–H groups in total. The van der Waals surface area contributed by atoms with Gasteiger partial charge in [0, 0.05) is 6.04 Å². The van der Waals surface area contributed by atoms with Crippen LogP contribution in [-0.2, 0) is 4.79 Å². The number of aliphatic carboxylic acids is 1. The molecule has 0 spiro atoms. The second kappa shape index (κ2) is 3.29. The Balaban J connectivity index is 2.46. The Morgan fingerprint density at radius 1 is 1.54 bits per heavy atom. The van der Waals surface area contributed by atoms with E-state index in [2.05, 4.69) is 19.2 Å². The quantitative estimate of drug-likeness (QED) is 0.697. The fraction of sp³-hybridized carbons (Fsp3) is 0.900. The summed E-state index contributed by atoms with van der Waals surface area (Å²) < 4.78 is 0. The van der Waals surface area contributed by atoms with Crippen molar-refractivity contribution in [2.24, 2.45) is 11.3 Å². The van der Waals surface area contributed by atoms with Crippen LogP contribution in [0.5, 0.6) is 0 Å². The zero-order valence-electron chi connectivity index (χ0n) is 8.79. The van der Waals surface area contributed by atoms with E-state index in [9.17, 15) is 4.79 Å². The van der Waals surface area contributed by atoms with Crippen LogP contribution in [-0.4, -0.2) is 23.2 Å². The summed E-state index contributed by atoms with van der Waals surface area (Å²) in [6.45, 7) is 8.18. The molecule has 0 aromatic heterocycles. The van der Waals surface area contributed by atoms with Gasteiger partial charge < -0.3 is 10.4 Å². The van der Waals surface area contributed by atoms with Gasteiger partial charge in [-0.25, -0.2) is 0 Å². The Labute approximate surface area is 79.5 Å². The predicted molar refractivity (Wildman–Crippen MR) is 51.6 cm³/mol. The van der Waals surface area contributed by atoms with Crippen LogP contribution in [0.15, 0.2) is 0 Å². The molecule has 76 valence electrons. The first-order valence-electron chi connectivity index (χ1n) is 4.83. The molecule has 2 atom stereocenters. The smallest absolute Gasteiger partial charge is 0.320 e. The van der Waals surface area contributed by atoms with E-state index in [1.807, 2.05) is 13.8 Å². The van der Waals surface area contributed by atoms with E-state index < -0.39 is 12.0 Å². The lowest BCUT2D eigenvalue weighted by molar-refractivity contribution is -0.140. The van der Waals surface area contributed by atoms with Gasteiger partial charge in [-0.3, -0.25) is 4.79 Å². The third-order valence-corrected chi connectivity index (χ3v) is 2.83. The second-order valence-corrected chi connectivity index (χ2v) is 4.97. The number of hydrogen-bond acceptors (Lipinski definition) is 2. The Bertz CT molecular complexity index is 211. The van der Waals surface area contributed by atoms with E-state index in [0.29, 0.717) is 11.5 Å². The van der Waals surface area contributed by atoms with Crippen molar-refractivity contribution in [2.75, 3.05) is 0 Å². The minimum atomic E-state index is -0.738. The van der Waals surface area contributed by atoms with E-state index in [1.165, 1.54) is 0 Å². The fourth-order valence-corrected chi connectivity index (χ4v) is 1.52. The van der Waals surface area contributed by atoms with E-state index in [4.69, 9.17) is 5.11 Å². The number of carboxylic acids is 1. The third kappa shape index (κ3) is 2.44. The van der Waals surface area contributed by atoms with Gasteiger partial charge in [-0.15, -0.1) is 0 Å². The van der Waals surface area contributed by atoms with Crippen LogP contribution < -0.4 is 5.32 Å². The molecule has 1 fully saturated rings. The highest BCUT2D eigenvalue weighted by Gasteiger charge is 2.47. The summed E-state index contributed by atoms with van der Waals surface area (Å²) in [4.78, 5) is 10.9. The van der Waals surface area contributed by atoms with Crippen molar-refractivity contribution in [1.82, 2.24) is 5.32 Å². The van der Waals surface area contributed by atoms with Crippen molar-refractivity contribution in [3.05, 3.63) is 0 Å². The predicted octanol–water partition coefficient (Wildman–Crippen LogP) is 1.48. The fourth-order valence-electron chi connectivity index (χ4n) is 1.52. The zero-order chi connectivity index (χ0) is 10.2. The molecule has 3 heteroatoms. The zero-order valence-corrected chi connectivity index (χ0v) is 8.79. The van der Waals surface area contributed by atoms with Crippen molar-refractivity contribution >= 4 is 5.97 Å². The molecule has 0 bridgehead atoms. The van der Waals surface area contributed by atoms with Crippen molar-refractivity contribution in [3.63, 3.8) is 0 Å². The van der Waals surface area contributed by atoms with Crippen LogP contribution in [0.2, 0.25) is 0 Å². The van der Waals surface area contributed by atoms with Crippen molar-refractivity contribution in [2.45, 2.75) is 46.2 Å². The minimum absolute atomic E-state index is 0.147. The van der Waals surface area contributed by atoms with Gasteiger partial charge in [-0.2, -0.15) is 0 Å². The highest BCUT2D eigenvalue weighted by Crippen LogP contribution is 2.45. The molecule has 0 saturated heterocycles. The Morgan fingerprint density at radius 2 is 2.00 bits per heavy atom. The molecular formula is C10H19NO2. The molecule has 0 heterocycles. The highest BCUT2D eigenvalue weighted by atomic mass is 16.4. The molecule has 1 rings (SSSR count). The summed E-state index contributed by atoms with van der Waals surface area (Å²) in [6.07, 6.45) is 1.09. The van der Waals surface area contributed by atoms with Crippen LogP contribution in [0.1, 0.15) is 34.1 Å². The lowest BCUT2D eigenvalue weighted by atomic mass is 10.0. The normalized spacial score (nSPS) is 27.3. The molecule has 13 heavy (non-hydrogen) atoms.